The molecule has 0 radical (unpaired) electrons. The summed E-state index contributed by atoms with van der Waals surface area (Å²) in [6, 6.07) is 7.66. The van der Waals surface area contributed by atoms with Gasteiger partial charge in [-0.05, 0) is 37.5 Å². The molecule has 4 rings (SSSR count). The number of rotatable bonds is 5. The van der Waals surface area contributed by atoms with Gasteiger partial charge in [0.1, 0.15) is 5.82 Å². The Morgan fingerprint density at radius 1 is 1.42 bits per heavy atom. The summed E-state index contributed by atoms with van der Waals surface area (Å²) in [5, 5.41) is 14.2. The first-order valence-electron chi connectivity index (χ1n) is 8.00. The highest BCUT2D eigenvalue weighted by molar-refractivity contribution is 5.91. The van der Waals surface area contributed by atoms with Crippen molar-refractivity contribution in [3.63, 3.8) is 0 Å². The number of anilines is 1. The van der Waals surface area contributed by atoms with Crippen molar-refractivity contribution in [2.75, 3.05) is 5.32 Å². The van der Waals surface area contributed by atoms with E-state index in [4.69, 9.17) is 0 Å². The summed E-state index contributed by atoms with van der Waals surface area (Å²) in [5.41, 5.74) is 2.79. The molecule has 122 valence electrons. The van der Waals surface area contributed by atoms with Crippen molar-refractivity contribution < 1.29 is 4.79 Å². The van der Waals surface area contributed by atoms with Crippen LogP contribution < -0.4 is 5.32 Å². The average molecular weight is 322 g/mol. The monoisotopic (exact) mass is 322 g/mol. The fourth-order valence-electron chi connectivity index (χ4n) is 2.60. The van der Waals surface area contributed by atoms with Crippen LogP contribution in [0.1, 0.15) is 35.7 Å². The smallest absolute Gasteiger partial charge is 0.230 e. The molecule has 1 fully saturated rings. The summed E-state index contributed by atoms with van der Waals surface area (Å²) < 4.78 is 1.68. The number of nitrogens with zero attached hydrogens (tertiary/aromatic N) is 4. The van der Waals surface area contributed by atoms with E-state index < -0.39 is 0 Å². The maximum absolute atomic E-state index is 12.2. The fourth-order valence-corrected chi connectivity index (χ4v) is 2.60. The number of carbonyl (C=O) groups excluding carboxylic acids is 1. The second-order valence-electron chi connectivity index (χ2n) is 6.14. The number of nitrogens with one attached hydrogen (secondary N) is 2. The van der Waals surface area contributed by atoms with Gasteiger partial charge in [0, 0.05) is 23.9 Å². The highest BCUT2D eigenvalue weighted by Gasteiger charge is 2.26. The molecule has 1 aliphatic rings. The average Bonchev–Trinajstić information content (AvgIpc) is 3.13. The third kappa shape index (κ3) is 3.19. The lowest BCUT2D eigenvalue weighted by Gasteiger charge is -2.01. The Labute approximate surface area is 139 Å². The summed E-state index contributed by atoms with van der Waals surface area (Å²) in [7, 11) is 0. The van der Waals surface area contributed by atoms with Crippen molar-refractivity contribution in [1.82, 2.24) is 25.0 Å². The minimum Gasteiger partial charge on any atom is -0.311 e. The second kappa shape index (κ2) is 5.92. The first-order chi connectivity index (χ1) is 11.7. The van der Waals surface area contributed by atoms with E-state index in [2.05, 4.69) is 25.6 Å². The van der Waals surface area contributed by atoms with Gasteiger partial charge in [0.25, 0.3) is 0 Å². The Balaban J connectivity index is 1.40. The van der Waals surface area contributed by atoms with Crippen LogP contribution in [0.5, 0.6) is 0 Å². The standard InChI is InChI=1S/C17H18N6O/c1-11-3-2-4-16(19-11)23-10-12(9-18-23)7-17(24)20-15-8-14(21-22-15)13-5-6-13/h2-4,8-10,13H,5-7H2,1H3,(H2,20,21,22,24). The number of hydrogen-bond donors (Lipinski definition) is 2. The molecule has 1 aliphatic carbocycles. The van der Waals surface area contributed by atoms with Crippen LogP contribution in [0, 0.1) is 6.92 Å². The number of H-pyrrole nitrogens is 1. The van der Waals surface area contributed by atoms with Gasteiger partial charge in [-0.2, -0.15) is 10.2 Å². The van der Waals surface area contributed by atoms with Crippen molar-refractivity contribution in [2.45, 2.75) is 32.1 Å². The lowest BCUT2D eigenvalue weighted by molar-refractivity contribution is -0.115. The molecule has 7 heteroatoms. The Bertz CT molecular complexity index is 877. The maximum Gasteiger partial charge on any atom is 0.230 e. The van der Waals surface area contributed by atoms with E-state index in [1.165, 1.54) is 12.8 Å². The molecule has 2 N–H and O–H groups in total. The summed E-state index contributed by atoms with van der Waals surface area (Å²) >= 11 is 0. The van der Waals surface area contributed by atoms with E-state index in [1.54, 1.807) is 10.9 Å². The minimum atomic E-state index is -0.0993. The van der Waals surface area contributed by atoms with Crippen LogP contribution in [0.15, 0.2) is 36.7 Å². The predicted molar refractivity (Wildman–Crippen MR) is 89.0 cm³/mol. The highest BCUT2D eigenvalue weighted by atomic mass is 16.1. The molecule has 3 aromatic rings. The lowest BCUT2D eigenvalue weighted by Crippen LogP contribution is -2.14. The van der Waals surface area contributed by atoms with E-state index in [-0.39, 0.29) is 12.3 Å². The number of hydrogen-bond acceptors (Lipinski definition) is 4. The molecular formula is C17H18N6O. The van der Waals surface area contributed by atoms with Gasteiger partial charge in [-0.15, -0.1) is 0 Å². The third-order valence-electron chi connectivity index (χ3n) is 3.98. The summed E-state index contributed by atoms with van der Waals surface area (Å²) in [4.78, 5) is 16.6. The van der Waals surface area contributed by atoms with Crippen molar-refractivity contribution >= 4 is 11.7 Å². The van der Waals surface area contributed by atoms with E-state index in [9.17, 15) is 4.79 Å². The number of aromatic amines is 1. The molecule has 1 saturated carbocycles. The quantitative estimate of drug-likeness (QED) is 0.755. The largest absolute Gasteiger partial charge is 0.311 e. The Morgan fingerprint density at radius 2 is 2.29 bits per heavy atom. The fraction of sp³-hybridized carbons (Fsp3) is 0.294. The third-order valence-corrected chi connectivity index (χ3v) is 3.98. The van der Waals surface area contributed by atoms with Crippen molar-refractivity contribution in [3.05, 3.63) is 53.6 Å². The molecule has 1 amide bonds. The molecule has 3 aromatic heterocycles. The SMILES string of the molecule is Cc1cccc(-n2cc(CC(=O)Nc3cc(C4CC4)n[nH]3)cn2)n1. The number of aryl methyl sites for hydroxylation is 1. The summed E-state index contributed by atoms with van der Waals surface area (Å²) in [6.45, 7) is 1.93. The van der Waals surface area contributed by atoms with Gasteiger partial charge in [0.05, 0.1) is 18.3 Å². The Kier molecular flexibility index (Phi) is 3.60. The van der Waals surface area contributed by atoms with Crippen LogP contribution in [0.4, 0.5) is 5.82 Å². The number of carbonyl (C=O) groups is 1. The van der Waals surface area contributed by atoms with Crippen molar-refractivity contribution in [2.24, 2.45) is 0 Å². The number of amides is 1. The molecule has 24 heavy (non-hydrogen) atoms. The molecule has 0 aromatic carbocycles. The van der Waals surface area contributed by atoms with Gasteiger partial charge in [0.15, 0.2) is 5.82 Å². The van der Waals surface area contributed by atoms with Gasteiger partial charge in [-0.3, -0.25) is 9.89 Å². The first kappa shape index (κ1) is 14.6. The van der Waals surface area contributed by atoms with Crippen LogP contribution >= 0.6 is 0 Å². The van der Waals surface area contributed by atoms with Crippen molar-refractivity contribution in [1.29, 1.82) is 0 Å². The van der Waals surface area contributed by atoms with Crippen LogP contribution in [-0.4, -0.2) is 30.9 Å². The van der Waals surface area contributed by atoms with Crippen LogP contribution in [-0.2, 0) is 11.2 Å². The van der Waals surface area contributed by atoms with Gasteiger partial charge >= 0.3 is 0 Å². The zero-order chi connectivity index (χ0) is 16.5. The van der Waals surface area contributed by atoms with E-state index >= 15 is 0 Å². The molecule has 0 saturated heterocycles. The first-order valence-corrected chi connectivity index (χ1v) is 8.00. The molecule has 0 bridgehead atoms. The normalized spacial score (nSPS) is 13.9. The maximum atomic E-state index is 12.2. The molecule has 0 aliphatic heterocycles. The predicted octanol–water partition coefficient (Wildman–Crippen LogP) is 2.36. The number of aromatic nitrogens is 5. The van der Waals surface area contributed by atoms with Gasteiger partial charge in [-0.25, -0.2) is 9.67 Å². The van der Waals surface area contributed by atoms with Crippen LogP contribution in [0.3, 0.4) is 0 Å². The topological polar surface area (TPSA) is 88.5 Å². The van der Waals surface area contributed by atoms with Gasteiger partial charge < -0.3 is 5.32 Å². The molecular weight excluding hydrogens is 304 g/mol. The van der Waals surface area contributed by atoms with Crippen LogP contribution in [0.2, 0.25) is 0 Å². The molecule has 0 atom stereocenters. The molecule has 0 spiro atoms. The van der Waals surface area contributed by atoms with Crippen LogP contribution in [0.25, 0.3) is 5.82 Å². The van der Waals surface area contributed by atoms with E-state index in [0.717, 1.165) is 22.8 Å². The molecule has 3 heterocycles. The summed E-state index contributed by atoms with van der Waals surface area (Å²) in [6.07, 6.45) is 6.13. The zero-order valence-electron chi connectivity index (χ0n) is 13.4. The van der Waals surface area contributed by atoms with Gasteiger partial charge in [-0.1, -0.05) is 6.07 Å². The number of pyridine rings is 1. The molecule has 7 nitrogen and oxygen atoms in total. The van der Waals surface area contributed by atoms with Gasteiger partial charge in [0.2, 0.25) is 5.91 Å². The van der Waals surface area contributed by atoms with Crippen molar-refractivity contribution in [3.8, 4) is 5.82 Å². The second-order valence-corrected chi connectivity index (χ2v) is 6.14. The van der Waals surface area contributed by atoms with E-state index in [0.29, 0.717) is 11.7 Å². The Morgan fingerprint density at radius 3 is 3.08 bits per heavy atom. The summed E-state index contributed by atoms with van der Waals surface area (Å²) in [5.74, 6) is 1.85. The molecule has 0 unspecified atom stereocenters. The lowest BCUT2D eigenvalue weighted by atomic mass is 10.2. The zero-order valence-corrected chi connectivity index (χ0v) is 13.4. The van der Waals surface area contributed by atoms with E-state index in [1.807, 2.05) is 37.4 Å². The highest BCUT2D eigenvalue weighted by Crippen LogP contribution is 2.39. The minimum absolute atomic E-state index is 0.0993. The Hall–Kier alpha value is -2.96.